The van der Waals surface area contributed by atoms with Gasteiger partial charge in [-0.25, -0.2) is 0 Å². The van der Waals surface area contributed by atoms with Crippen molar-refractivity contribution in [2.24, 2.45) is 5.41 Å². The first-order valence-corrected chi connectivity index (χ1v) is 6.47. The molecule has 2 rings (SSSR count). The van der Waals surface area contributed by atoms with E-state index in [1.807, 2.05) is 0 Å². The number of likely N-dealkylation sites (tertiary alicyclic amines) is 1. The number of amides is 1. The molecule has 3 nitrogen and oxygen atoms in total. The van der Waals surface area contributed by atoms with Crippen LogP contribution in [0.5, 0.6) is 0 Å². The van der Waals surface area contributed by atoms with Crippen LogP contribution in [-0.2, 0) is 9.53 Å². The third-order valence-corrected chi connectivity index (χ3v) is 3.90. The lowest BCUT2D eigenvalue weighted by atomic mass is 9.85. The van der Waals surface area contributed by atoms with Crippen LogP contribution in [0.3, 0.4) is 0 Å². The Labute approximate surface area is 98.1 Å². The largest absolute Gasteiger partial charge is 0.374 e. The summed E-state index contributed by atoms with van der Waals surface area (Å²) in [6, 6.07) is 0.360. The average Bonchev–Trinajstić information content (AvgIpc) is 2.86. The second-order valence-corrected chi connectivity index (χ2v) is 5.79. The van der Waals surface area contributed by atoms with E-state index < -0.39 is 0 Å². The number of unbranched alkanes of at least 4 members (excludes halogenated alkanes) is 1. The van der Waals surface area contributed by atoms with Gasteiger partial charge in [0, 0.05) is 12.0 Å². The van der Waals surface area contributed by atoms with E-state index in [0.717, 1.165) is 38.8 Å². The molecule has 16 heavy (non-hydrogen) atoms. The third-order valence-electron chi connectivity index (χ3n) is 3.90. The summed E-state index contributed by atoms with van der Waals surface area (Å²) >= 11 is 0. The monoisotopic (exact) mass is 225 g/mol. The molecule has 2 heterocycles. The standard InChI is InChI=1S/C13H23NO2/c1-4-5-6-13(2,3)12(15)14-8-11-7-10(14)9-16-11/h10-11H,4-9H2,1-3H3. The number of rotatable bonds is 4. The lowest BCUT2D eigenvalue weighted by Crippen LogP contribution is -2.47. The molecule has 2 atom stereocenters. The van der Waals surface area contributed by atoms with Gasteiger partial charge in [0.2, 0.25) is 5.91 Å². The van der Waals surface area contributed by atoms with Gasteiger partial charge in [-0.05, 0) is 12.8 Å². The molecule has 2 aliphatic rings. The number of hydrogen-bond acceptors (Lipinski definition) is 2. The molecular weight excluding hydrogens is 202 g/mol. The molecule has 1 amide bonds. The molecule has 3 heteroatoms. The van der Waals surface area contributed by atoms with Crippen molar-refractivity contribution >= 4 is 5.91 Å². The smallest absolute Gasteiger partial charge is 0.228 e. The summed E-state index contributed by atoms with van der Waals surface area (Å²) in [4.78, 5) is 14.5. The average molecular weight is 225 g/mol. The second kappa shape index (κ2) is 4.36. The molecule has 2 bridgehead atoms. The zero-order chi connectivity index (χ0) is 11.8. The molecule has 0 N–H and O–H groups in total. The van der Waals surface area contributed by atoms with E-state index >= 15 is 0 Å². The van der Waals surface area contributed by atoms with Crippen LogP contribution in [0.4, 0.5) is 0 Å². The molecule has 2 aliphatic heterocycles. The van der Waals surface area contributed by atoms with E-state index in [9.17, 15) is 4.79 Å². The Balaban J connectivity index is 1.96. The van der Waals surface area contributed by atoms with E-state index in [-0.39, 0.29) is 5.41 Å². The van der Waals surface area contributed by atoms with Gasteiger partial charge >= 0.3 is 0 Å². The van der Waals surface area contributed by atoms with Gasteiger partial charge in [0.05, 0.1) is 18.8 Å². The molecule has 0 aromatic heterocycles. The minimum Gasteiger partial charge on any atom is -0.374 e. The molecule has 2 unspecified atom stereocenters. The molecule has 0 spiro atoms. The van der Waals surface area contributed by atoms with Crippen LogP contribution < -0.4 is 0 Å². The van der Waals surface area contributed by atoms with Crippen molar-refractivity contribution in [2.45, 2.75) is 58.6 Å². The molecule has 0 saturated carbocycles. The minimum atomic E-state index is -0.194. The summed E-state index contributed by atoms with van der Waals surface area (Å²) in [6.07, 6.45) is 4.66. The fourth-order valence-electron chi connectivity index (χ4n) is 2.76. The third kappa shape index (κ3) is 2.10. The molecule has 2 saturated heterocycles. The van der Waals surface area contributed by atoms with Crippen LogP contribution in [0.2, 0.25) is 0 Å². The molecule has 0 aliphatic carbocycles. The van der Waals surface area contributed by atoms with E-state index in [1.165, 1.54) is 0 Å². The summed E-state index contributed by atoms with van der Waals surface area (Å²) in [5.41, 5.74) is -0.194. The van der Waals surface area contributed by atoms with Crippen molar-refractivity contribution in [3.63, 3.8) is 0 Å². The fourth-order valence-corrected chi connectivity index (χ4v) is 2.76. The van der Waals surface area contributed by atoms with Gasteiger partial charge in [0.15, 0.2) is 0 Å². The van der Waals surface area contributed by atoms with Crippen molar-refractivity contribution in [3.05, 3.63) is 0 Å². The number of hydrogen-bond donors (Lipinski definition) is 0. The number of ether oxygens (including phenoxy) is 1. The molecule has 0 aromatic rings. The first-order chi connectivity index (χ1) is 7.54. The van der Waals surface area contributed by atoms with Gasteiger partial charge < -0.3 is 9.64 Å². The summed E-state index contributed by atoms with van der Waals surface area (Å²) < 4.78 is 5.53. The van der Waals surface area contributed by atoms with Crippen LogP contribution in [-0.4, -0.2) is 36.1 Å². The van der Waals surface area contributed by atoms with E-state index in [2.05, 4.69) is 25.7 Å². The molecule has 2 fully saturated rings. The first-order valence-electron chi connectivity index (χ1n) is 6.47. The zero-order valence-corrected chi connectivity index (χ0v) is 10.7. The highest BCUT2D eigenvalue weighted by atomic mass is 16.5. The highest BCUT2D eigenvalue weighted by molar-refractivity contribution is 5.82. The summed E-state index contributed by atoms with van der Waals surface area (Å²) in [5, 5.41) is 0. The Morgan fingerprint density at radius 1 is 1.50 bits per heavy atom. The van der Waals surface area contributed by atoms with Gasteiger partial charge in [0.1, 0.15) is 0 Å². The Hall–Kier alpha value is -0.570. The summed E-state index contributed by atoms with van der Waals surface area (Å²) in [5.74, 6) is 0.330. The SMILES string of the molecule is CCCCC(C)(C)C(=O)N1CC2CC1CO2. The number of carbonyl (C=O) groups is 1. The van der Waals surface area contributed by atoms with Gasteiger partial charge in [-0.15, -0.1) is 0 Å². The number of nitrogens with zero attached hydrogens (tertiary/aromatic N) is 1. The summed E-state index contributed by atoms with van der Waals surface area (Å²) in [6.45, 7) is 7.90. The molecule has 0 radical (unpaired) electrons. The van der Waals surface area contributed by atoms with E-state index in [4.69, 9.17) is 4.74 Å². The van der Waals surface area contributed by atoms with Gasteiger partial charge in [-0.3, -0.25) is 4.79 Å². The number of fused-ring (bicyclic) bond motifs is 2. The van der Waals surface area contributed by atoms with Gasteiger partial charge in [0.25, 0.3) is 0 Å². The lowest BCUT2D eigenvalue weighted by molar-refractivity contribution is -0.145. The van der Waals surface area contributed by atoms with E-state index in [0.29, 0.717) is 18.1 Å². The molecular formula is C13H23NO2. The van der Waals surface area contributed by atoms with Crippen molar-refractivity contribution < 1.29 is 9.53 Å². The normalized spacial score (nSPS) is 28.8. The zero-order valence-electron chi connectivity index (χ0n) is 10.7. The Morgan fingerprint density at radius 2 is 2.25 bits per heavy atom. The van der Waals surface area contributed by atoms with Crippen LogP contribution in [0, 0.1) is 5.41 Å². The number of carbonyl (C=O) groups excluding carboxylic acids is 1. The maximum Gasteiger partial charge on any atom is 0.228 e. The first kappa shape index (κ1) is 11.9. The number of morpholine rings is 1. The van der Waals surface area contributed by atoms with Crippen molar-refractivity contribution in [1.82, 2.24) is 4.90 Å². The Kier molecular flexibility index (Phi) is 3.24. The van der Waals surface area contributed by atoms with Gasteiger partial charge in [-0.2, -0.15) is 0 Å². The van der Waals surface area contributed by atoms with Crippen LogP contribution >= 0.6 is 0 Å². The maximum atomic E-state index is 12.4. The molecule has 0 aromatic carbocycles. The van der Waals surface area contributed by atoms with Crippen LogP contribution in [0.25, 0.3) is 0 Å². The van der Waals surface area contributed by atoms with Crippen LogP contribution in [0.15, 0.2) is 0 Å². The van der Waals surface area contributed by atoms with Gasteiger partial charge in [-0.1, -0.05) is 33.6 Å². The molecule has 92 valence electrons. The predicted octanol–water partition coefficient (Wildman–Crippen LogP) is 2.20. The Bertz CT molecular complexity index is 275. The van der Waals surface area contributed by atoms with Crippen LogP contribution in [0.1, 0.15) is 46.5 Å². The Morgan fingerprint density at radius 3 is 2.75 bits per heavy atom. The van der Waals surface area contributed by atoms with Crippen molar-refractivity contribution in [3.8, 4) is 0 Å². The second-order valence-electron chi connectivity index (χ2n) is 5.79. The summed E-state index contributed by atoms with van der Waals surface area (Å²) in [7, 11) is 0. The van der Waals surface area contributed by atoms with E-state index in [1.54, 1.807) is 0 Å². The van der Waals surface area contributed by atoms with Crippen molar-refractivity contribution in [1.29, 1.82) is 0 Å². The fraction of sp³-hybridized carbons (Fsp3) is 0.923. The highest BCUT2D eigenvalue weighted by Gasteiger charge is 2.44. The topological polar surface area (TPSA) is 29.5 Å². The highest BCUT2D eigenvalue weighted by Crippen LogP contribution is 2.34. The quantitative estimate of drug-likeness (QED) is 0.734. The lowest BCUT2D eigenvalue weighted by Gasteiger charge is -2.34. The van der Waals surface area contributed by atoms with Crippen molar-refractivity contribution in [2.75, 3.05) is 13.2 Å². The maximum absolute atomic E-state index is 12.4. The predicted molar refractivity (Wildman–Crippen MR) is 63.2 cm³/mol. The minimum absolute atomic E-state index is 0.194.